The number of nitrogen functional groups attached to an aromatic ring is 1. The summed E-state index contributed by atoms with van der Waals surface area (Å²) in [5.74, 6) is 0. The van der Waals surface area contributed by atoms with Gasteiger partial charge < -0.3 is 10.8 Å². The van der Waals surface area contributed by atoms with Crippen molar-refractivity contribution in [3.63, 3.8) is 0 Å². The molecule has 0 saturated carbocycles. The number of hydrogen-bond donors (Lipinski definition) is 2. The number of likely N-dealkylation sites (N-methyl/N-ethyl adjacent to an activating group) is 1. The van der Waals surface area contributed by atoms with Crippen LogP contribution in [0, 0.1) is 13.8 Å². The Morgan fingerprint density at radius 1 is 1.39 bits per heavy atom. The Morgan fingerprint density at radius 3 is 2.39 bits per heavy atom. The average molecular weight is 254 g/mol. The summed E-state index contributed by atoms with van der Waals surface area (Å²) < 4.78 is 1.80. The van der Waals surface area contributed by atoms with Gasteiger partial charge in [0, 0.05) is 12.6 Å². The number of nitrogens with zero attached hydrogens (tertiary/aromatic N) is 3. The Balaban J connectivity index is 2.64. The zero-order valence-corrected chi connectivity index (χ0v) is 12.1. The van der Waals surface area contributed by atoms with E-state index >= 15 is 0 Å². The van der Waals surface area contributed by atoms with Crippen LogP contribution in [0.2, 0.25) is 0 Å². The first-order valence-electron chi connectivity index (χ1n) is 6.58. The van der Waals surface area contributed by atoms with E-state index in [1.165, 1.54) is 0 Å². The first-order chi connectivity index (χ1) is 8.36. The van der Waals surface area contributed by atoms with E-state index in [1.54, 1.807) is 4.68 Å². The number of aliphatic hydroxyl groups excluding tert-OH is 1. The second-order valence-corrected chi connectivity index (χ2v) is 5.10. The zero-order chi connectivity index (χ0) is 13.9. The molecule has 0 spiro atoms. The highest BCUT2D eigenvalue weighted by Gasteiger charge is 2.16. The molecule has 0 aliphatic heterocycles. The van der Waals surface area contributed by atoms with Gasteiger partial charge in [0.1, 0.15) is 0 Å². The quantitative estimate of drug-likeness (QED) is 0.800. The molecule has 104 valence electrons. The van der Waals surface area contributed by atoms with Gasteiger partial charge in [0.05, 0.1) is 29.7 Å². The summed E-state index contributed by atoms with van der Waals surface area (Å²) in [6.45, 7) is 12.3. The van der Waals surface area contributed by atoms with E-state index in [2.05, 4.69) is 30.8 Å². The zero-order valence-electron chi connectivity index (χ0n) is 12.1. The summed E-state index contributed by atoms with van der Waals surface area (Å²) in [6.07, 6.45) is -0.426. The Kier molecular flexibility index (Phi) is 5.16. The smallest absolute Gasteiger partial charge is 0.0862 e. The largest absolute Gasteiger partial charge is 0.396 e. The van der Waals surface area contributed by atoms with Gasteiger partial charge in [-0.05, 0) is 34.2 Å². The topological polar surface area (TPSA) is 67.3 Å². The molecule has 5 heteroatoms. The highest BCUT2D eigenvalue weighted by atomic mass is 16.3. The molecular formula is C13H26N4O. The minimum Gasteiger partial charge on any atom is -0.396 e. The number of aryl methyl sites for hydroxylation is 1. The van der Waals surface area contributed by atoms with Gasteiger partial charge in [-0.25, -0.2) is 0 Å². The monoisotopic (exact) mass is 254 g/mol. The third-order valence-electron chi connectivity index (χ3n) is 3.40. The highest BCUT2D eigenvalue weighted by molar-refractivity contribution is 5.46. The van der Waals surface area contributed by atoms with Crippen LogP contribution in [0.5, 0.6) is 0 Å². The molecule has 1 aromatic heterocycles. The van der Waals surface area contributed by atoms with Gasteiger partial charge in [-0.15, -0.1) is 0 Å². The van der Waals surface area contributed by atoms with Crippen molar-refractivity contribution in [2.45, 2.75) is 53.3 Å². The number of rotatable bonds is 6. The molecule has 1 atom stereocenters. The van der Waals surface area contributed by atoms with Crippen molar-refractivity contribution in [1.82, 2.24) is 14.7 Å². The van der Waals surface area contributed by atoms with Gasteiger partial charge in [0.15, 0.2) is 0 Å². The van der Waals surface area contributed by atoms with E-state index in [4.69, 9.17) is 5.73 Å². The summed E-state index contributed by atoms with van der Waals surface area (Å²) in [4.78, 5) is 2.24. The lowest BCUT2D eigenvalue weighted by Gasteiger charge is -2.27. The van der Waals surface area contributed by atoms with Crippen LogP contribution in [0.15, 0.2) is 0 Å². The van der Waals surface area contributed by atoms with Gasteiger partial charge >= 0.3 is 0 Å². The fourth-order valence-corrected chi connectivity index (χ4v) is 2.12. The Bertz CT molecular complexity index is 387. The normalized spacial score (nSPS) is 13.6. The molecular weight excluding hydrogens is 228 g/mol. The second kappa shape index (κ2) is 6.20. The van der Waals surface area contributed by atoms with Crippen molar-refractivity contribution in [3.8, 4) is 0 Å². The minimum absolute atomic E-state index is 0.426. The summed E-state index contributed by atoms with van der Waals surface area (Å²) in [5, 5.41) is 14.5. The maximum absolute atomic E-state index is 10.1. The molecule has 0 saturated heterocycles. The van der Waals surface area contributed by atoms with E-state index in [9.17, 15) is 5.11 Å². The number of anilines is 1. The third kappa shape index (κ3) is 3.46. The SMILES string of the molecule is CCN(CC(O)Cn1nc(C)c(N)c1C)C(C)C. The molecule has 0 fully saturated rings. The summed E-state index contributed by atoms with van der Waals surface area (Å²) in [7, 11) is 0. The molecule has 0 aliphatic rings. The van der Waals surface area contributed by atoms with Crippen LogP contribution in [0.3, 0.4) is 0 Å². The Morgan fingerprint density at radius 2 is 2.00 bits per heavy atom. The lowest BCUT2D eigenvalue weighted by atomic mass is 10.2. The van der Waals surface area contributed by atoms with Crippen LogP contribution in [0.1, 0.15) is 32.2 Å². The molecule has 1 aromatic rings. The van der Waals surface area contributed by atoms with Crippen LogP contribution in [0.25, 0.3) is 0 Å². The standard InChI is InChI=1S/C13H26N4O/c1-6-16(9(2)3)7-12(18)8-17-11(5)13(14)10(4)15-17/h9,12,18H,6-8,14H2,1-5H3. The summed E-state index contributed by atoms with van der Waals surface area (Å²) in [6, 6.07) is 0.440. The van der Waals surface area contributed by atoms with Crippen LogP contribution >= 0.6 is 0 Å². The number of aromatic nitrogens is 2. The van der Waals surface area contributed by atoms with Crippen LogP contribution in [-0.2, 0) is 6.54 Å². The summed E-state index contributed by atoms with van der Waals surface area (Å²) >= 11 is 0. The number of hydrogen-bond acceptors (Lipinski definition) is 4. The second-order valence-electron chi connectivity index (χ2n) is 5.10. The molecule has 1 rings (SSSR count). The van der Waals surface area contributed by atoms with Gasteiger partial charge in [0.25, 0.3) is 0 Å². The Labute approximate surface area is 110 Å². The van der Waals surface area contributed by atoms with Crippen molar-refractivity contribution >= 4 is 5.69 Å². The fourth-order valence-electron chi connectivity index (χ4n) is 2.12. The molecule has 0 aliphatic carbocycles. The average Bonchev–Trinajstić information content (AvgIpc) is 2.53. The first kappa shape index (κ1) is 15.0. The summed E-state index contributed by atoms with van der Waals surface area (Å²) in [5.41, 5.74) is 8.36. The van der Waals surface area contributed by atoms with E-state index in [-0.39, 0.29) is 0 Å². The van der Waals surface area contributed by atoms with Gasteiger partial charge in [-0.1, -0.05) is 6.92 Å². The molecule has 0 aromatic carbocycles. The van der Waals surface area contributed by atoms with E-state index in [0.717, 1.165) is 23.6 Å². The lowest BCUT2D eigenvalue weighted by Crippen LogP contribution is -2.39. The predicted molar refractivity (Wildman–Crippen MR) is 74.5 cm³/mol. The fraction of sp³-hybridized carbons (Fsp3) is 0.769. The number of nitrogens with two attached hydrogens (primary N) is 1. The Hall–Kier alpha value is -1.07. The van der Waals surface area contributed by atoms with Crippen LogP contribution < -0.4 is 5.73 Å². The molecule has 0 bridgehead atoms. The maximum atomic E-state index is 10.1. The predicted octanol–water partition coefficient (Wildman–Crippen LogP) is 1.17. The maximum Gasteiger partial charge on any atom is 0.0862 e. The lowest BCUT2D eigenvalue weighted by molar-refractivity contribution is 0.0828. The van der Waals surface area contributed by atoms with Crippen molar-refractivity contribution in [2.24, 2.45) is 0 Å². The molecule has 0 amide bonds. The van der Waals surface area contributed by atoms with E-state index in [0.29, 0.717) is 19.1 Å². The van der Waals surface area contributed by atoms with Crippen molar-refractivity contribution in [1.29, 1.82) is 0 Å². The molecule has 1 unspecified atom stereocenters. The van der Waals surface area contributed by atoms with E-state index < -0.39 is 6.10 Å². The van der Waals surface area contributed by atoms with Crippen LogP contribution in [-0.4, -0.2) is 45.0 Å². The van der Waals surface area contributed by atoms with Gasteiger partial charge in [0.2, 0.25) is 0 Å². The molecule has 1 heterocycles. The molecule has 5 nitrogen and oxygen atoms in total. The van der Waals surface area contributed by atoms with Crippen molar-refractivity contribution < 1.29 is 5.11 Å². The first-order valence-corrected chi connectivity index (χ1v) is 6.58. The number of aliphatic hydroxyl groups is 1. The van der Waals surface area contributed by atoms with E-state index in [1.807, 2.05) is 13.8 Å². The van der Waals surface area contributed by atoms with Gasteiger partial charge in [-0.2, -0.15) is 5.10 Å². The third-order valence-corrected chi connectivity index (χ3v) is 3.40. The van der Waals surface area contributed by atoms with Gasteiger partial charge in [-0.3, -0.25) is 9.58 Å². The highest BCUT2D eigenvalue weighted by Crippen LogP contribution is 2.15. The minimum atomic E-state index is -0.426. The van der Waals surface area contributed by atoms with Crippen LogP contribution in [0.4, 0.5) is 5.69 Å². The molecule has 18 heavy (non-hydrogen) atoms. The van der Waals surface area contributed by atoms with Crippen molar-refractivity contribution in [3.05, 3.63) is 11.4 Å². The van der Waals surface area contributed by atoms with Crippen molar-refractivity contribution in [2.75, 3.05) is 18.8 Å². The molecule has 3 N–H and O–H groups in total. The molecule has 0 radical (unpaired) electrons.